The lowest BCUT2D eigenvalue weighted by molar-refractivity contribution is -0.137. The highest BCUT2D eigenvalue weighted by atomic mass is 79.9. The number of aromatic nitrogens is 2. The van der Waals surface area contributed by atoms with Crippen LogP contribution in [0.3, 0.4) is 0 Å². The molecule has 0 fully saturated rings. The number of hydrogen-bond acceptors (Lipinski definition) is 3. The van der Waals surface area contributed by atoms with Crippen molar-refractivity contribution in [2.24, 2.45) is 0 Å². The Balaban J connectivity index is 0.00000200. The number of hydrogen-bond donors (Lipinski definition) is 0. The number of esters is 1. The van der Waals surface area contributed by atoms with Crippen LogP contribution < -0.4 is 0 Å². The Morgan fingerprint density at radius 3 is 2.65 bits per heavy atom. The number of halogens is 5. The number of fused-ring (bicyclic) bond motifs is 1. The van der Waals surface area contributed by atoms with Crippen LogP contribution in [-0.2, 0) is 10.9 Å². The summed E-state index contributed by atoms with van der Waals surface area (Å²) in [7, 11) is 0. The van der Waals surface area contributed by atoms with Crippen molar-refractivity contribution in [2.45, 2.75) is 13.1 Å². The number of carbonyl (C=O) groups excluding carboxylic acids is 1. The molecule has 0 saturated heterocycles. The molecule has 2 rings (SSSR count). The van der Waals surface area contributed by atoms with Gasteiger partial charge in [-0.3, -0.25) is 0 Å². The second kappa shape index (κ2) is 6.01. The van der Waals surface area contributed by atoms with Gasteiger partial charge in [0.15, 0.2) is 11.3 Å². The van der Waals surface area contributed by atoms with Crippen LogP contribution >= 0.6 is 28.6 Å². The molecular weight excluding hydrogens is 364 g/mol. The van der Waals surface area contributed by atoms with Gasteiger partial charge >= 0.3 is 12.1 Å². The largest absolute Gasteiger partial charge is 0.461 e. The molecule has 0 bridgehead atoms. The van der Waals surface area contributed by atoms with E-state index in [0.29, 0.717) is 0 Å². The summed E-state index contributed by atoms with van der Waals surface area (Å²) in [6.45, 7) is 1.76. The minimum Gasteiger partial charge on any atom is -0.461 e. The maximum absolute atomic E-state index is 12.6. The standard InChI is InChI=1S/C11H8ClF3N2O2.BrH/c1-2-19-10(18)8-5-17-4-6(11(13,14)15)3-7(12)9(17)16-8;/h3-5H,2H2,1H3;1H. The van der Waals surface area contributed by atoms with Crippen molar-refractivity contribution in [3.8, 4) is 0 Å². The molecule has 0 radical (unpaired) electrons. The van der Waals surface area contributed by atoms with Gasteiger partial charge in [0.2, 0.25) is 0 Å². The summed E-state index contributed by atoms with van der Waals surface area (Å²) >= 11 is 5.73. The molecule has 0 aliphatic heterocycles. The summed E-state index contributed by atoms with van der Waals surface area (Å²) in [5, 5.41) is -0.189. The maximum atomic E-state index is 12.6. The SMILES string of the molecule is Br.CCOC(=O)c1cn2cc(C(F)(F)F)cc(Cl)c2n1. The van der Waals surface area contributed by atoms with Gasteiger partial charge in [0, 0.05) is 12.4 Å². The first kappa shape index (κ1) is 16.8. The molecule has 0 saturated carbocycles. The molecule has 2 aromatic rings. The average molecular weight is 374 g/mol. The summed E-state index contributed by atoms with van der Waals surface area (Å²) < 4.78 is 43.6. The van der Waals surface area contributed by atoms with E-state index in [-0.39, 0.29) is 40.0 Å². The minimum atomic E-state index is -4.52. The highest BCUT2D eigenvalue weighted by Crippen LogP contribution is 2.32. The number of carbonyl (C=O) groups is 1. The van der Waals surface area contributed by atoms with Crippen LogP contribution in [0, 0.1) is 0 Å². The van der Waals surface area contributed by atoms with Crippen molar-refractivity contribution in [2.75, 3.05) is 6.61 Å². The molecule has 0 spiro atoms. The number of nitrogens with zero attached hydrogens (tertiary/aromatic N) is 2. The third kappa shape index (κ3) is 3.24. The van der Waals surface area contributed by atoms with Crippen LogP contribution in [0.2, 0.25) is 5.02 Å². The molecule has 0 aliphatic carbocycles. The van der Waals surface area contributed by atoms with Crippen molar-refractivity contribution >= 4 is 40.2 Å². The first-order valence-corrected chi connectivity index (χ1v) is 5.63. The molecule has 0 aliphatic rings. The third-order valence-electron chi connectivity index (χ3n) is 2.32. The quantitative estimate of drug-likeness (QED) is 0.753. The first-order valence-electron chi connectivity index (χ1n) is 5.25. The minimum absolute atomic E-state index is 0. The van der Waals surface area contributed by atoms with E-state index in [4.69, 9.17) is 16.3 Å². The first-order chi connectivity index (χ1) is 8.82. The van der Waals surface area contributed by atoms with E-state index in [1.54, 1.807) is 6.92 Å². The molecule has 2 heterocycles. The van der Waals surface area contributed by atoms with Gasteiger partial charge in [-0.25, -0.2) is 9.78 Å². The summed E-state index contributed by atoms with van der Waals surface area (Å²) in [5.74, 6) is -0.712. The van der Waals surface area contributed by atoms with Crippen LogP contribution in [0.25, 0.3) is 5.65 Å². The Morgan fingerprint density at radius 1 is 1.45 bits per heavy atom. The van der Waals surface area contributed by atoms with Gasteiger partial charge < -0.3 is 9.14 Å². The molecule has 110 valence electrons. The number of ether oxygens (including phenoxy) is 1. The van der Waals surface area contributed by atoms with Crippen molar-refractivity contribution in [1.29, 1.82) is 0 Å². The van der Waals surface area contributed by atoms with Gasteiger partial charge in [-0.05, 0) is 13.0 Å². The Bertz CT molecular complexity index is 642. The predicted molar refractivity (Wildman–Crippen MR) is 71.5 cm³/mol. The molecule has 20 heavy (non-hydrogen) atoms. The molecule has 0 atom stereocenters. The zero-order valence-electron chi connectivity index (χ0n) is 10.1. The predicted octanol–water partition coefficient (Wildman–Crippen LogP) is 3.76. The number of imidazole rings is 1. The highest BCUT2D eigenvalue weighted by molar-refractivity contribution is 8.93. The molecule has 9 heteroatoms. The normalized spacial score (nSPS) is 11.2. The van der Waals surface area contributed by atoms with Crippen LogP contribution in [0.15, 0.2) is 18.5 Å². The lowest BCUT2D eigenvalue weighted by atomic mass is 10.3. The van der Waals surface area contributed by atoms with E-state index < -0.39 is 17.7 Å². The summed E-state index contributed by atoms with van der Waals surface area (Å²) in [4.78, 5) is 15.3. The number of rotatable bonds is 2. The van der Waals surface area contributed by atoms with Crippen LogP contribution in [0.4, 0.5) is 13.2 Å². The monoisotopic (exact) mass is 372 g/mol. The molecule has 4 nitrogen and oxygen atoms in total. The topological polar surface area (TPSA) is 43.6 Å². The number of alkyl halides is 3. The van der Waals surface area contributed by atoms with Gasteiger partial charge in [0.1, 0.15) is 0 Å². The Labute approximate surface area is 127 Å². The summed E-state index contributed by atoms with van der Waals surface area (Å²) in [5.41, 5.74) is -0.946. The van der Waals surface area contributed by atoms with E-state index in [9.17, 15) is 18.0 Å². The Morgan fingerprint density at radius 2 is 2.10 bits per heavy atom. The van der Waals surface area contributed by atoms with Crippen LogP contribution in [0.5, 0.6) is 0 Å². The molecule has 2 aromatic heterocycles. The van der Waals surface area contributed by atoms with E-state index in [1.165, 1.54) is 0 Å². The van der Waals surface area contributed by atoms with E-state index in [0.717, 1.165) is 22.9 Å². The van der Waals surface area contributed by atoms with Crippen molar-refractivity contribution < 1.29 is 22.7 Å². The van der Waals surface area contributed by atoms with E-state index in [1.807, 2.05) is 0 Å². The summed E-state index contributed by atoms with van der Waals surface area (Å²) in [6.07, 6.45) is -2.56. The Kier molecular flexibility index (Phi) is 5.04. The fourth-order valence-corrected chi connectivity index (χ4v) is 1.77. The van der Waals surface area contributed by atoms with Crippen molar-refractivity contribution in [1.82, 2.24) is 9.38 Å². The molecule has 0 aromatic carbocycles. The van der Waals surface area contributed by atoms with E-state index in [2.05, 4.69) is 4.98 Å². The van der Waals surface area contributed by atoms with Gasteiger partial charge in [0.25, 0.3) is 0 Å². The number of pyridine rings is 1. The average Bonchev–Trinajstić information content (AvgIpc) is 2.72. The lowest BCUT2D eigenvalue weighted by Crippen LogP contribution is -2.06. The van der Waals surface area contributed by atoms with Crippen molar-refractivity contribution in [3.63, 3.8) is 0 Å². The van der Waals surface area contributed by atoms with Crippen LogP contribution in [-0.4, -0.2) is 22.0 Å². The van der Waals surface area contributed by atoms with Gasteiger partial charge in [-0.1, -0.05) is 11.6 Å². The maximum Gasteiger partial charge on any atom is 0.417 e. The second-order valence-corrected chi connectivity index (χ2v) is 4.06. The van der Waals surface area contributed by atoms with E-state index >= 15 is 0 Å². The van der Waals surface area contributed by atoms with Gasteiger partial charge in [0.05, 0.1) is 17.2 Å². The molecular formula is C11H9BrClF3N2O2. The van der Waals surface area contributed by atoms with Crippen molar-refractivity contribution in [3.05, 3.63) is 34.7 Å². The zero-order valence-corrected chi connectivity index (χ0v) is 12.5. The molecule has 0 unspecified atom stereocenters. The zero-order chi connectivity index (χ0) is 14.2. The summed E-state index contributed by atoms with van der Waals surface area (Å²) in [6, 6.07) is 0.763. The lowest BCUT2D eigenvalue weighted by Gasteiger charge is -2.07. The fraction of sp³-hybridized carbons (Fsp3) is 0.273. The molecule has 0 N–H and O–H groups in total. The second-order valence-electron chi connectivity index (χ2n) is 3.65. The third-order valence-corrected chi connectivity index (χ3v) is 2.60. The molecule has 0 amide bonds. The smallest absolute Gasteiger partial charge is 0.417 e. The van der Waals surface area contributed by atoms with Gasteiger partial charge in [-0.15, -0.1) is 17.0 Å². The van der Waals surface area contributed by atoms with Gasteiger partial charge in [-0.2, -0.15) is 13.2 Å². The highest BCUT2D eigenvalue weighted by Gasteiger charge is 2.32. The fourth-order valence-electron chi connectivity index (χ4n) is 1.52. The Hall–Kier alpha value is -1.28. The van der Waals surface area contributed by atoms with Crippen LogP contribution in [0.1, 0.15) is 23.0 Å².